The van der Waals surface area contributed by atoms with Crippen molar-refractivity contribution in [3.8, 4) is 0 Å². The van der Waals surface area contributed by atoms with Gasteiger partial charge in [-0.2, -0.15) is 0 Å². The number of nitrogens with zero attached hydrogens (tertiary/aromatic N) is 1. The van der Waals surface area contributed by atoms with Gasteiger partial charge in [-0.1, -0.05) is 12.8 Å². The van der Waals surface area contributed by atoms with Crippen molar-refractivity contribution in [2.75, 3.05) is 13.1 Å². The van der Waals surface area contributed by atoms with Gasteiger partial charge in [0.15, 0.2) is 5.43 Å². The molecule has 2 fully saturated rings. The molecule has 9 heteroatoms. The average Bonchev–Trinajstić information content (AvgIpc) is 3.40. The molecule has 3 rings (SSSR count). The predicted octanol–water partition coefficient (Wildman–Crippen LogP) is 0.462. The molecule has 2 atom stereocenters. The van der Waals surface area contributed by atoms with Gasteiger partial charge in [0.2, 0.25) is 0 Å². The van der Waals surface area contributed by atoms with Gasteiger partial charge in [-0.25, -0.2) is 0 Å². The van der Waals surface area contributed by atoms with E-state index in [2.05, 4.69) is 4.98 Å². The first-order valence-electron chi connectivity index (χ1n) is 8.73. The van der Waals surface area contributed by atoms with E-state index in [9.17, 15) is 24.6 Å². The number of nitrogens with one attached hydrogen (secondary N) is 1. The summed E-state index contributed by atoms with van der Waals surface area (Å²) in [5.41, 5.74) is -0.860. The number of aromatic amines is 1. The first-order chi connectivity index (χ1) is 12.7. The number of carbonyl (C=O) groups excluding carboxylic acids is 1. The lowest BCUT2D eigenvalue weighted by Crippen LogP contribution is -2.57. The second kappa shape index (κ2) is 8.34. The van der Waals surface area contributed by atoms with Crippen LogP contribution in [-0.2, 0) is 9.59 Å². The smallest absolute Gasteiger partial charge is 0.314 e. The molecule has 2 heterocycles. The molecule has 1 saturated heterocycles. The van der Waals surface area contributed by atoms with Crippen LogP contribution in [0.4, 0.5) is 0 Å². The van der Waals surface area contributed by atoms with Crippen molar-refractivity contribution in [1.82, 2.24) is 9.88 Å². The highest BCUT2D eigenvalue weighted by Gasteiger charge is 2.52. The molecule has 9 nitrogen and oxygen atoms in total. The number of carboxylic acids is 1. The number of rotatable bonds is 4. The fraction of sp³-hybridized carbons (Fsp3) is 0.556. The summed E-state index contributed by atoms with van der Waals surface area (Å²) in [4.78, 5) is 48.9. The van der Waals surface area contributed by atoms with E-state index in [4.69, 9.17) is 9.90 Å². The fourth-order valence-corrected chi connectivity index (χ4v) is 3.56. The second-order valence-electron chi connectivity index (χ2n) is 7.16. The summed E-state index contributed by atoms with van der Waals surface area (Å²) >= 11 is 0. The van der Waals surface area contributed by atoms with Gasteiger partial charge in [0.1, 0.15) is 11.1 Å². The number of aliphatic carboxylic acids is 1. The fourth-order valence-electron chi connectivity index (χ4n) is 3.56. The molecule has 1 aromatic heterocycles. The number of aliphatic hydroxyl groups is 1. The lowest BCUT2D eigenvalue weighted by molar-refractivity contribution is -0.163. The minimum Gasteiger partial charge on any atom is -0.483 e. The van der Waals surface area contributed by atoms with E-state index < -0.39 is 23.4 Å². The summed E-state index contributed by atoms with van der Waals surface area (Å²) in [5, 5.41) is 27.0. The maximum absolute atomic E-state index is 12.7. The number of hydrogen-bond donors (Lipinski definition) is 4. The average molecular weight is 380 g/mol. The molecule has 1 aromatic rings. The van der Waals surface area contributed by atoms with Crippen molar-refractivity contribution < 1.29 is 29.7 Å². The third-order valence-corrected chi connectivity index (χ3v) is 5.05. The Bertz CT molecular complexity index is 771. The highest BCUT2D eigenvalue weighted by Crippen LogP contribution is 2.45. The van der Waals surface area contributed by atoms with Crippen LogP contribution in [0, 0.1) is 18.3 Å². The van der Waals surface area contributed by atoms with E-state index in [1.165, 1.54) is 17.0 Å². The number of hydrogen-bond acceptors (Lipinski definition) is 5. The monoisotopic (exact) mass is 380 g/mol. The van der Waals surface area contributed by atoms with Crippen LogP contribution in [-0.4, -0.2) is 62.7 Å². The van der Waals surface area contributed by atoms with Crippen molar-refractivity contribution in [1.29, 1.82) is 0 Å². The number of carbonyl (C=O) groups is 3. The van der Waals surface area contributed by atoms with E-state index in [0.29, 0.717) is 18.0 Å². The molecule has 4 N–H and O–H groups in total. The Morgan fingerprint density at radius 3 is 2.48 bits per heavy atom. The Hall–Kier alpha value is -2.68. The van der Waals surface area contributed by atoms with Gasteiger partial charge in [-0.05, 0) is 25.7 Å². The Kier molecular flexibility index (Phi) is 6.37. The molecule has 1 aliphatic heterocycles. The van der Waals surface area contributed by atoms with E-state index in [1.807, 2.05) is 0 Å². The van der Waals surface area contributed by atoms with Crippen molar-refractivity contribution in [3.63, 3.8) is 0 Å². The minimum atomic E-state index is -1.32. The normalized spacial score (nSPS) is 24.5. The van der Waals surface area contributed by atoms with E-state index in [1.54, 1.807) is 6.92 Å². The molecule has 0 radical (unpaired) electrons. The van der Waals surface area contributed by atoms with Crippen LogP contribution in [0.1, 0.15) is 41.9 Å². The first-order valence-corrected chi connectivity index (χ1v) is 8.73. The van der Waals surface area contributed by atoms with Gasteiger partial charge in [0.05, 0.1) is 6.10 Å². The molecule has 2 aliphatic rings. The standard InChI is InChI=1S/C17H22N2O5.CH2O2/c1-10-6-12(20)7-13(18-10)15(22)19-5-4-14(21)17(9-19,16(23)24)8-11-2-3-11;2-1-3/h6-7,11,14,21H,2-5,8-9H2,1H3,(H,18,20)(H,23,24);1H,(H,2,3)/t14-,17-;/m1./s1. The summed E-state index contributed by atoms with van der Waals surface area (Å²) < 4.78 is 0. The topological polar surface area (TPSA) is 148 Å². The number of likely N-dealkylation sites (tertiary alicyclic amines) is 1. The molecule has 0 aromatic carbocycles. The number of pyridine rings is 1. The largest absolute Gasteiger partial charge is 0.483 e. The van der Waals surface area contributed by atoms with Crippen molar-refractivity contribution >= 4 is 18.3 Å². The molecular formula is C18H24N2O7. The lowest BCUT2D eigenvalue weighted by Gasteiger charge is -2.43. The minimum absolute atomic E-state index is 0.0329. The van der Waals surface area contributed by atoms with Gasteiger partial charge >= 0.3 is 5.97 Å². The Morgan fingerprint density at radius 2 is 1.96 bits per heavy atom. The number of piperidine rings is 1. The van der Waals surface area contributed by atoms with Crippen LogP contribution in [0.15, 0.2) is 16.9 Å². The second-order valence-corrected chi connectivity index (χ2v) is 7.16. The van der Waals surface area contributed by atoms with Gasteiger partial charge in [0, 0.05) is 30.9 Å². The van der Waals surface area contributed by atoms with Gasteiger partial charge in [-0.15, -0.1) is 0 Å². The van der Waals surface area contributed by atoms with Gasteiger partial charge < -0.3 is 25.2 Å². The molecule has 148 valence electrons. The van der Waals surface area contributed by atoms with E-state index in [0.717, 1.165) is 12.8 Å². The maximum atomic E-state index is 12.7. The Balaban J connectivity index is 0.000000817. The Morgan fingerprint density at radius 1 is 1.33 bits per heavy atom. The number of aryl methyl sites for hydroxylation is 1. The van der Waals surface area contributed by atoms with Gasteiger partial charge in [0.25, 0.3) is 12.4 Å². The third kappa shape index (κ3) is 4.73. The van der Waals surface area contributed by atoms with Crippen molar-refractivity contribution in [2.45, 2.75) is 38.7 Å². The summed E-state index contributed by atoms with van der Waals surface area (Å²) in [5.74, 6) is -1.15. The highest BCUT2D eigenvalue weighted by atomic mass is 16.4. The van der Waals surface area contributed by atoms with Crippen LogP contribution in [0.3, 0.4) is 0 Å². The number of aliphatic hydroxyl groups excluding tert-OH is 1. The molecule has 0 unspecified atom stereocenters. The third-order valence-electron chi connectivity index (χ3n) is 5.05. The summed E-state index contributed by atoms with van der Waals surface area (Å²) in [6.45, 7) is 1.68. The first kappa shape index (κ1) is 20.6. The highest BCUT2D eigenvalue weighted by molar-refractivity contribution is 5.93. The number of carboxylic acid groups (broad SMARTS) is 2. The molecule has 0 bridgehead atoms. The summed E-state index contributed by atoms with van der Waals surface area (Å²) in [6.07, 6.45) is 1.59. The van der Waals surface area contributed by atoms with Crippen LogP contribution in [0.5, 0.6) is 0 Å². The van der Waals surface area contributed by atoms with Crippen LogP contribution < -0.4 is 5.43 Å². The molecule has 0 spiro atoms. The quantitative estimate of drug-likeness (QED) is 0.555. The maximum Gasteiger partial charge on any atom is 0.314 e. The van der Waals surface area contributed by atoms with Crippen molar-refractivity contribution in [3.05, 3.63) is 33.7 Å². The zero-order chi connectivity index (χ0) is 20.2. The number of aromatic nitrogens is 1. The predicted molar refractivity (Wildman–Crippen MR) is 94.4 cm³/mol. The SMILES string of the molecule is Cc1cc(=O)cc(C(=O)N2CC[C@@H](O)[C@](CC3CC3)(C(=O)O)C2)[nH]1.O=CO. The lowest BCUT2D eigenvalue weighted by atomic mass is 9.73. The van der Waals surface area contributed by atoms with Crippen LogP contribution in [0.2, 0.25) is 0 Å². The molecular weight excluding hydrogens is 356 g/mol. The summed E-state index contributed by atoms with van der Waals surface area (Å²) in [6, 6.07) is 2.62. The summed E-state index contributed by atoms with van der Waals surface area (Å²) in [7, 11) is 0. The van der Waals surface area contributed by atoms with Crippen LogP contribution >= 0.6 is 0 Å². The van der Waals surface area contributed by atoms with Crippen LogP contribution in [0.25, 0.3) is 0 Å². The molecule has 27 heavy (non-hydrogen) atoms. The molecule has 1 saturated carbocycles. The molecule has 1 amide bonds. The van der Waals surface area contributed by atoms with Crippen molar-refractivity contribution in [2.24, 2.45) is 11.3 Å². The van der Waals surface area contributed by atoms with Gasteiger partial charge in [-0.3, -0.25) is 19.2 Å². The Labute approximate surface area is 155 Å². The molecule has 1 aliphatic carbocycles. The van der Waals surface area contributed by atoms with E-state index in [-0.39, 0.29) is 37.1 Å². The zero-order valence-corrected chi connectivity index (χ0v) is 15.1. The number of H-pyrrole nitrogens is 1. The zero-order valence-electron chi connectivity index (χ0n) is 15.1. The number of amides is 1. The van der Waals surface area contributed by atoms with E-state index >= 15 is 0 Å².